The number of amides is 2. The summed E-state index contributed by atoms with van der Waals surface area (Å²) in [6.07, 6.45) is 1.21. The van der Waals surface area contributed by atoms with Crippen LogP contribution >= 0.6 is 23.2 Å². The third-order valence-electron chi connectivity index (χ3n) is 3.37. The molecule has 0 saturated carbocycles. The molecule has 0 aliphatic heterocycles. The van der Waals surface area contributed by atoms with E-state index in [4.69, 9.17) is 27.9 Å². The molecule has 1 heterocycles. The standard InChI is InChI=1S/C18H20Cl2N4O4/c1-9(17(27)28-18(2,3)4)23-15(25)13-14(22-8-21-13)16(26)24-10-5-6-11(19)12(20)7-10/h5-9H,1-4H3,(H,21,22)(H,23,25)(H,24,26)/t9-/m0/s1. The number of aromatic nitrogens is 2. The Morgan fingerprint density at radius 2 is 1.82 bits per heavy atom. The number of hydrogen-bond acceptors (Lipinski definition) is 5. The van der Waals surface area contributed by atoms with Gasteiger partial charge in [0.25, 0.3) is 11.8 Å². The highest BCUT2D eigenvalue weighted by Crippen LogP contribution is 2.25. The van der Waals surface area contributed by atoms with E-state index in [9.17, 15) is 14.4 Å². The van der Waals surface area contributed by atoms with E-state index in [1.165, 1.54) is 25.4 Å². The van der Waals surface area contributed by atoms with Crippen molar-refractivity contribution in [1.29, 1.82) is 0 Å². The van der Waals surface area contributed by atoms with Gasteiger partial charge >= 0.3 is 5.97 Å². The van der Waals surface area contributed by atoms with Crippen molar-refractivity contribution in [2.45, 2.75) is 39.3 Å². The normalized spacial score (nSPS) is 12.2. The molecular weight excluding hydrogens is 407 g/mol. The predicted molar refractivity (Wildman–Crippen MR) is 106 cm³/mol. The molecule has 1 aromatic heterocycles. The van der Waals surface area contributed by atoms with Gasteiger partial charge in [-0.15, -0.1) is 0 Å². The second kappa shape index (κ2) is 8.62. The number of aromatic amines is 1. The van der Waals surface area contributed by atoms with E-state index in [-0.39, 0.29) is 16.4 Å². The number of nitrogens with one attached hydrogen (secondary N) is 3. The second-order valence-electron chi connectivity index (χ2n) is 6.94. The van der Waals surface area contributed by atoms with E-state index in [0.717, 1.165) is 0 Å². The number of anilines is 1. The van der Waals surface area contributed by atoms with Crippen LogP contribution in [0.15, 0.2) is 24.5 Å². The lowest BCUT2D eigenvalue weighted by atomic mass is 10.2. The van der Waals surface area contributed by atoms with Crippen molar-refractivity contribution in [3.63, 3.8) is 0 Å². The smallest absolute Gasteiger partial charge is 0.328 e. The summed E-state index contributed by atoms with van der Waals surface area (Å²) in [6.45, 7) is 6.65. The fourth-order valence-electron chi connectivity index (χ4n) is 2.12. The molecule has 0 saturated heterocycles. The number of carbonyl (C=O) groups excluding carboxylic acids is 3. The zero-order valence-corrected chi connectivity index (χ0v) is 17.2. The van der Waals surface area contributed by atoms with E-state index in [1.54, 1.807) is 26.8 Å². The van der Waals surface area contributed by atoms with Crippen molar-refractivity contribution in [2.75, 3.05) is 5.32 Å². The van der Waals surface area contributed by atoms with Crippen molar-refractivity contribution in [2.24, 2.45) is 0 Å². The van der Waals surface area contributed by atoms with Gasteiger partial charge in [0, 0.05) is 5.69 Å². The van der Waals surface area contributed by atoms with E-state index in [2.05, 4.69) is 20.6 Å². The maximum Gasteiger partial charge on any atom is 0.328 e. The Bertz CT molecular complexity index is 905. The number of nitrogens with zero attached hydrogens (tertiary/aromatic N) is 1. The Balaban J connectivity index is 2.09. The molecule has 0 fully saturated rings. The average molecular weight is 427 g/mol. The summed E-state index contributed by atoms with van der Waals surface area (Å²) in [5, 5.41) is 5.67. The molecule has 1 aromatic carbocycles. The number of H-pyrrole nitrogens is 1. The third-order valence-corrected chi connectivity index (χ3v) is 4.11. The molecule has 2 aromatic rings. The number of rotatable bonds is 5. The summed E-state index contributed by atoms with van der Waals surface area (Å²) >= 11 is 11.8. The average Bonchev–Trinajstić information content (AvgIpc) is 3.06. The Morgan fingerprint density at radius 3 is 2.43 bits per heavy atom. The van der Waals surface area contributed by atoms with Crippen molar-refractivity contribution in [3.05, 3.63) is 46.0 Å². The Hall–Kier alpha value is -2.58. The fraction of sp³-hybridized carbons (Fsp3) is 0.333. The zero-order chi connectivity index (χ0) is 21.1. The van der Waals surface area contributed by atoms with Crippen LogP contribution < -0.4 is 10.6 Å². The molecule has 3 N–H and O–H groups in total. The van der Waals surface area contributed by atoms with Crippen LogP contribution in [0.4, 0.5) is 5.69 Å². The van der Waals surface area contributed by atoms with Gasteiger partial charge in [-0.1, -0.05) is 23.2 Å². The minimum atomic E-state index is -0.916. The van der Waals surface area contributed by atoms with Gasteiger partial charge in [-0.25, -0.2) is 9.78 Å². The molecule has 10 heteroatoms. The molecule has 0 radical (unpaired) electrons. The minimum Gasteiger partial charge on any atom is -0.458 e. The van der Waals surface area contributed by atoms with Crippen LogP contribution in [0.1, 0.15) is 48.7 Å². The lowest BCUT2D eigenvalue weighted by Crippen LogP contribution is -2.42. The van der Waals surface area contributed by atoms with Gasteiger partial charge in [0.05, 0.1) is 16.4 Å². The molecule has 2 amide bonds. The van der Waals surface area contributed by atoms with Crippen molar-refractivity contribution in [3.8, 4) is 0 Å². The molecule has 28 heavy (non-hydrogen) atoms. The van der Waals surface area contributed by atoms with Gasteiger partial charge in [-0.05, 0) is 45.9 Å². The molecule has 0 aliphatic carbocycles. The van der Waals surface area contributed by atoms with Gasteiger partial charge in [0.2, 0.25) is 0 Å². The maximum absolute atomic E-state index is 12.5. The number of carbonyl (C=O) groups is 3. The van der Waals surface area contributed by atoms with Crippen LogP contribution in [0.5, 0.6) is 0 Å². The Morgan fingerprint density at radius 1 is 1.14 bits per heavy atom. The first-order valence-corrected chi connectivity index (χ1v) is 9.07. The molecular formula is C18H20Cl2N4O4. The molecule has 1 atom stereocenters. The number of benzene rings is 1. The lowest BCUT2D eigenvalue weighted by molar-refractivity contribution is -0.156. The van der Waals surface area contributed by atoms with Gasteiger partial charge in [0.15, 0.2) is 5.69 Å². The molecule has 2 rings (SSSR count). The predicted octanol–water partition coefficient (Wildman–Crippen LogP) is 3.43. The van der Waals surface area contributed by atoms with Crippen LogP contribution in [0.25, 0.3) is 0 Å². The van der Waals surface area contributed by atoms with E-state index in [1.807, 2.05) is 0 Å². The van der Waals surface area contributed by atoms with E-state index in [0.29, 0.717) is 10.7 Å². The molecule has 150 valence electrons. The summed E-state index contributed by atoms with van der Waals surface area (Å²) in [7, 11) is 0. The number of esters is 1. The third kappa shape index (κ3) is 5.71. The van der Waals surface area contributed by atoms with E-state index < -0.39 is 29.4 Å². The summed E-state index contributed by atoms with van der Waals surface area (Å²) in [6, 6.07) is 3.64. The number of ether oxygens (including phenoxy) is 1. The number of imidazole rings is 1. The lowest BCUT2D eigenvalue weighted by Gasteiger charge is -2.22. The van der Waals surface area contributed by atoms with Crippen molar-refractivity contribution < 1.29 is 19.1 Å². The Kier molecular flexibility index (Phi) is 6.69. The highest BCUT2D eigenvalue weighted by molar-refractivity contribution is 6.42. The van der Waals surface area contributed by atoms with Crippen LogP contribution in [-0.2, 0) is 9.53 Å². The summed E-state index contributed by atoms with van der Waals surface area (Å²) in [5.74, 6) is -1.90. The van der Waals surface area contributed by atoms with Crippen LogP contribution in [0.3, 0.4) is 0 Å². The monoisotopic (exact) mass is 426 g/mol. The Labute approximate surface area is 172 Å². The summed E-state index contributed by atoms with van der Waals surface area (Å²) in [5.41, 5.74) is -0.529. The molecule has 0 aliphatic rings. The van der Waals surface area contributed by atoms with E-state index >= 15 is 0 Å². The van der Waals surface area contributed by atoms with Gasteiger partial charge in [-0.3, -0.25) is 9.59 Å². The first-order chi connectivity index (χ1) is 13.0. The van der Waals surface area contributed by atoms with Crippen molar-refractivity contribution >= 4 is 46.7 Å². The van der Waals surface area contributed by atoms with Gasteiger partial charge in [-0.2, -0.15) is 0 Å². The second-order valence-corrected chi connectivity index (χ2v) is 7.75. The van der Waals surface area contributed by atoms with Crippen LogP contribution in [0, 0.1) is 0 Å². The molecule has 0 spiro atoms. The minimum absolute atomic E-state index is 0.0898. The van der Waals surface area contributed by atoms with Crippen molar-refractivity contribution in [1.82, 2.24) is 15.3 Å². The highest BCUT2D eigenvalue weighted by Gasteiger charge is 2.26. The molecule has 0 bridgehead atoms. The first-order valence-electron chi connectivity index (χ1n) is 8.31. The van der Waals surface area contributed by atoms with Gasteiger partial charge < -0.3 is 20.4 Å². The largest absolute Gasteiger partial charge is 0.458 e. The topological polar surface area (TPSA) is 113 Å². The SMILES string of the molecule is C[C@H](NC(=O)c1[nH]cnc1C(=O)Nc1ccc(Cl)c(Cl)c1)C(=O)OC(C)(C)C. The first kappa shape index (κ1) is 21.7. The van der Waals surface area contributed by atoms with Crippen LogP contribution in [0.2, 0.25) is 10.0 Å². The van der Waals surface area contributed by atoms with Crippen LogP contribution in [-0.4, -0.2) is 39.4 Å². The molecule has 8 nitrogen and oxygen atoms in total. The molecule has 0 unspecified atom stereocenters. The number of halogens is 2. The maximum atomic E-state index is 12.5. The highest BCUT2D eigenvalue weighted by atomic mass is 35.5. The summed E-state index contributed by atoms with van der Waals surface area (Å²) in [4.78, 5) is 43.4. The fourth-order valence-corrected chi connectivity index (χ4v) is 2.42. The number of hydrogen-bond donors (Lipinski definition) is 3. The zero-order valence-electron chi connectivity index (χ0n) is 15.7. The quantitative estimate of drug-likeness (QED) is 0.633. The summed E-state index contributed by atoms with van der Waals surface area (Å²) < 4.78 is 5.21. The van der Waals surface area contributed by atoms with Gasteiger partial charge in [0.1, 0.15) is 17.3 Å².